The normalized spacial score (nSPS) is 19.5. The topological polar surface area (TPSA) is 38.8 Å². The van der Waals surface area contributed by atoms with Crippen LogP contribution < -0.4 is 4.74 Å². The number of ether oxygens (including phenoxy) is 2. The van der Waals surface area contributed by atoms with Gasteiger partial charge in [0.15, 0.2) is 5.60 Å². The molecule has 4 nitrogen and oxygen atoms in total. The van der Waals surface area contributed by atoms with E-state index in [0.717, 1.165) is 22.6 Å². The molecule has 13 heteroatoms. The van der Waals surface area contributed by atoms with Crippen molar-refractivity contribution in [1.29, 1.82) is 0 Å². The summed E-state index contributed by atoms with van der Waals surface area (Å²) in [6.07, 6.45) is -16.1. The highest BCUT2D eigenvalue weighted by atomic mass is 19.4. The Morgan fingerprint density at radius 2 is 1.39 bits per heavy atom. The first-order valence-corrected chi connectivity index (χ1v) is 13.3. The van der Waals surface area contributed by atoms with Crippen LogP contribution in [0.1, 0.15) is 67.0 Å². The Bertz CT molecular complexity index is 1530. The van der Waals surface area contributed by atoms with Crippen LogP contribution in [0, 0.1) is 0 Å². The van der Waals surface area contributed by atoms with Crippen molar-refractivity contribution in [2.24, 2.45) is 0 Å². The van der Waals surface area contributed by atoms with E-state index in [9.17, 15) is 44.3 Å². The van der Waals surface area contributed by atoms with Crippen LogP contribution in [0.4, 0.5) is 44.3 Å². The summed E-state index contributed by atoms with van der Waals surface area (Å²) in [7, 11) is 1.38. The summed E-state index contributed by atoms with van der Waals surface area (Å²) in [5.41, 5.74) is -5.10. The summed E-state index contributed by atoms with van der Waals surface area (Å²) in [6.45, 7) is 5.84. The molecule has 1 fully saturated rings. The van der Waals surface area contributed by atoms with Crippen molar-refractivity contribution in [3.05, 3.63) is 88.0 Å². The van der Waals surface area contributed by atoms with Gasteiger partial charge >= 0.3 is 24.6 Å². The van der Waals surface area contributed by atoms with Crippen LogP contribution in [0.3, 0.4) is 0 Å². The number of hydrogen-bond donors (Lipinski definition) is 0. The Balaban J connectivity index is 1.86. The standard InChI is InChI=1S/C31H28F9NO3/c1-16(2)19-6-9-26(43-5)24(12-19)23-8-7-20(29(32,33)34)14-25(23)28(4)17(3)41(27(42)44-28)15-18-10-21(30(35,36)37)13-22(11-18)31(38,39)40/h6-14,16-17H,15H2,1-5H3/t17-,28?/m0/s1. The highest BCUT2D eigenvalue weighted by Crippen LogP contribution is 2.48. The van der Waals surface area contributed by atoms with Crippen LogP contribution in [-0.2, 0) is 35.4 Å². The van der Waals surface area contributed by atoms with Crippen molar-refractivity contribution in [3.8, 4) is 16.9 Å². The van der Waals surface area contributed by atoms with Gasteiger partial charge in [0.1, 0.15) is 5.75 Å². The average molecular weight is 634 g/mol. The molecule has 238 valence electrons. The number of carbonyl (C=O) groups is 1. The smallest absolute Gasteiger partial charge is 0.416 e. The molecule has 0 bridgehead atoms. The van der Waals surface area contributed by atoms with E-state index in [1.165, 1.54) is 27.0 Å². The minimum absolute atomic E-state index is 0.0286. The Hall–Kier alpha value is -3.90. The summed E-state index contributed by atoms with van der Waals surface area (Å²) < 4.78 is 134. The van der Waals surface area contributed by atoms with Crippen LogP contribution in [0.2, 0.25) is 0 Å². The van der Waals surface area contributed by atoms with Gasteiger partial charge in [-0.3, -0.25) is 4.90 Å². The Morgan fingerprint density at radius 1 is 0.818 bits per heavy atom. The maximum atomic E-state index is 13.9. The maximum Gasteiger partial charge on any atom is 0.416 e. The van der Waals surface area contributed by atoms with Gasteiger partial charge in [-0.25, -0.2) is 4.79 Å². The highest BCUT2D eigenvalue weighted by molar-refractivity contribution is 5.78. The van der Waals surface area contributed by atoms with Crippen molar-refractivity contribution < 1.29 is 53.8 Å². The molecule has 1 saturated heterocycles. The number of hydrogen-bond acceptors (Lipinski definition) is 3. The summed E-state index contributed by atoms with van der Waals surface area (Å²) in [5, 5.41) is 0. The van der Waals surface area contributed by atoms with E-state index < -0.39 is 65.1 Å². The van der Waals surface area contributed by atoms with E-state index in [1.54, 1.807) is 18.2 Å². The summed E-state index contributed by atoms with van der Waals surface area (Å²) in [5.74, 6) is 0.345. The first-order valence-electron chi connectivity index (χ1n) is 13.3. The summed E-state index contributed by atoms with van der Waals surface area (Å²) in [6, 6.07) is 7.90. The van der Waals surface area contributed by atoms with Gasteiger partial charge in [0.2, 0.25) is 0 Å². The SMILES string of the molecule is COc1ccc(C(C)C)cc1-c1ccc(C(F)(F)F)cc1C1(C)OC(=O)N(Cc2cc(C(F)(F)F)cc(C(F)(F)F)c2)[C@H]1C. The number of halogens is 9. The first-order chi connectivity index (χ1) is 20.2. The molecule has 0 N–H and O–H groups in total. The fourth-order valence-electron chi connectivity index (χ4n) is 5.23. The molecular weight excluding hydrogens is 605 g/mol. The van der Waals surface area contributed by atoms with Crippen molar-refractivity contribution in [1.82, 2.24) is 4.90 Å². The number of amides is 1. The second-order valence-electron chi connectivity index (χ2n) is 11.1. The average Bonchev–Trinajstić information content (AvgIpc) is 3.14. The molecule has 1 aliphatic rings. The zero-order valence-electron chi connectivity index (χ0n) is 24.1. The van der Waals surface area contributed by atoms with E-state index >= 15 is 0 Å². The lowest BCUT2D eigenvalue weighted by atomic mass is 9.81. The molecule has 1 amide bonds. The van der Waals surface area contributed by atoms with Crippen LogP contribution in [0.5, 0.6) is 5.75 Å². The highest BCUT2D eigenvalue weighted by Gasteiger charge is 2.51. The molecule has 3 aromatic rings. The van der Waals surface area contributed by atoms with Gasteiger partial charge in [-0.15, -0.1) is 0 Å². The third-order valence-electron chi connectivity index (χ3n) is 7.86. The van der Waals surface area contributed by atoms with E-state index in [1.807, 2.05) is 13.8 Å². The number of carbonyl (C=O) groups excluding carboxylic acids is 1. The van der Waals surface area contributed by atoms with E-state index in [2.05, 4.69) is 0 Å². The third-order valence-corrected chi connectivity index (χ3v) is 7.86. The van der Waals surface area contributed by atoms with E-state index in [-0.39, 0.29) is 23.1 Å². The zero-order chi connectivity index (χ0) is 33.0. The molecule has 0 aliphatic carbocycles. The first kappa shape index (κ1) is 33.0. The quantitative estimate of drug-likeness (QED) is 0.254. The minimum atomic E-state index is -5.11. The molecule has 1 unspecified atom stereocenters. The van der Waals surface area contributed by atoms with Crippen LogP contribution in [0.25, 0.3) is 11.1 Å². The number of methoxy groups -OCH3 is 1. The Labute approximate surface area is 247 Å². The summed E-state index contributed by atoms with van der Waals surface area (Å²) >= 11 is 0. The minimum Gasteiger partial charge on any atom is -0.496 e. The van der Waals surface area contributed by atoms with Gasteiger partial charge in [-0.05, 0) is 78.9 Å². The fraction of sp³-hybridized carbons (Fsp3) is 0.387. The second-order valence-corrected chi connectivity index (χ2v) is 11.1. The van der Waals surface area contributed by atoms with Crippen molar-refractivity contribution in [2.45, 2.75) is 70.3 Å². The second kappa shape index (κ2) is 11.2. The number of benzene rings is 3. The fourth-order valence-corrected chi connectivity index (χ4v) is 5.23. The number of cyclic esters (lactones) is 1. The van der Waals surface area contributed by atoms with Crippen molar-refractivity contribution >= 4 is 6.09 Å². The lowest BCUT2D eigenvalue weighted by Gasteiger charge is -2.32. The van der Waals surface area contributed by atoms with E-state index in [0.29, 0.717) is 23.4 Å². The molecule has 1 heterocycles. The molecule has 0 spiro atoms. The molecule has 0 radical (unpaired) electrons. The number of alkyl halides is 9. The number of rotatable bonds is 6. The molecule has 1 aliphatic heterocycles. The molecule has 4 rings (SSSR count). The predicted octanol–water partition coefficient (Wildman–Crippen LogP) is 9.80. The van der Waals surface area contributed by atoms with E-state index in [4.69, 9.17) is 9.47 Å². The van der Waals surface area contributed by atoms with Crippen LogP contribution >= 0.6 is 0 Å². The lowest BCUT2D eigenvalue weighted by molar-refractivity contribution is -0.143. The third kappa shape index (κ3) is 6.32. The Kier molecular flexibility index (Phi) is 8.42. The maximum absolute atomic E-state index is 13.9. The predicted molar refractivity (Wildman–Crippen MR) is 143 cm³/mol. The van der Waals surface area contributed by atoms with Gasteiger partial charge in [0.05, 0.1) is 29.8 Å². The molecule has 44 heavy (non-hydrogen) atoms. The largest absolute Gasteiger partial charge is 0.496 e. The Morgan fingerprint density at radius 3 is 1.89 bits per heavy atom. The summed E-state index contributed by atoms with van der Waals surface area (Å²) in [4.78, 5) is 14.0. The van der Waals surface area contributed by atoms with Gasteiger partial charge in [-0.1, -0.05) is 26.0 Å². The number of nitrogens with zero attached hydrogens (tertiary/aromatic N) is 1. The molecule has 3 aromatic carbocycles. The van der Waals surface area contributed by atoms with Gasteiger partial charge in [0.25, 0.3) is 0 Å². The molecule has 2 atom stereocenters. The van der Waals surface area contributed by atoms with Crippen LogP contribution in [0.15, 0.2) is 54.6 Å². The van der Waals surface area contributed by atoms with Gasteiger partial charge in [0, 0.05) is 17.7 Å². The molecular formula is C31H28F9NO3. The molecule has 0 saturated carbocycles. The van der Waals surface area contributed by atoms with Gasteiger partial charge in [-0.2, -0.15) is 39.5 Å². The van der Waals surface area contributed by atoms with Crippen molar-refractivity contribution in [2.75, 3.05) is 7.11 Å². The zero-order valence-corrected chi connectivity index (χ0v) is 24.1. The van der Waals surface area contributed by atoms with Crippen LogP contribution in [-0.4, -0.2) is 24.1 Å². The van der Waals surface area contributed by atoms with Crippen molar-refractivity contribution in [3.63, 3.8) is 0 Å². The van der Waals surface area contributed by atoms with Gasteiger partial charge < -0.3 is 9.47 Å². The monoisotopic (exact) mass is 633 g/mol. The lowest BCUT2D eigenvalue weighted by Crippen LogP contribution is -2.39. The molecule has 0 aromatic heterocycles.